The van der Waals surface area contributed by atoms with Crippen LogP contribution >= 0.6 is 0 Å². The Kier molecular flexibility index (Phi) is 5.28. The number of carbonyl (C=O) groups is 2. The van der Waals surface area contributed by atoms with Crippen LogP contribution in [0.3, 0.4) is 0 Å². The van der Waals surface area contributed by atoms with Gasteiger partial charge in [0.1, 0.15) is 5.82 Å². The number of para-hydroxylation sites is 1. The third kappa shape index (κ3) is 3.79. The minimum atomic E-state index is -0.484. The number of ketones is 1. The van der Waals surface area contributed by atoms with Crippen molar-refractivity contribution >= 4 is 22.7 Å². The van der Waals surface area contributed by atoms with Crippen molar-refractivity contribution in [2.75, 3.05) is 6.61 Å². The van der Waals surface area contributed by atoms with Gasteiger partial charge in [-0.05, 0) is 44.9 Å². The molecule has 156 valence electrons. The summed E-state index contributed by atoms with van der Waals surface area (Å²) < 4.78 is 9.21. The van der Waals surface area contributed by atoms with Crippen LogP contribution in [0.2, 0.25) is 0 Å². The molecule has 1 aromatic carbocycles. The maximum absolute atomic E-state index is 12.5. The van der Waals surface area contributed by atoms with Gasteiger partial charge in [-0.3, -0.25) is 14.4 Å². The van der Waals surface area contributed by atoms with E-state index in [4.69, 9.17) is 4.74 Å². The Morgan fingerprint density at radius 2 is 1.93 bits per heavy atom. The third-order valence-corrected chi connectivity index (χ3v) is 5.73. The van der Waals surface area contributed by atoms with Gasteiger partial charge in [-0.1, -0.05) is 12.1 Å². The first-order chi connectivity index (χ1) is 14.4. The molecular weight excluding hydrogens is 382 g/mol. The Hall–Kier alpha value is -3.22. The van der Waals surface area contributed by atoms with Crippen molar-refractivity contribution < 1.29 is 14.3 Å². The summed E-state index contributed by atoms with van der Waals surface area (Å²) in [6.45, 7) is 3.65. The first-order valence-corrected chi connectivity index (χ1v) is 10.2. The van der Waals surface area contributed by atoms with Gasteiger partial charge in [0.2, 0.25) is 5.78 Å². The molecule has 0 aliphatic heterocycles. The number of ether oxygens (including phenoxy) is 1. The van der Waals surface area contributed by atoms with Crippen LogP contribution in [-0.2, 0) is 23.0 Å². The maximum atomic E-state index is 12.5. The average Bonchev–Trinajstić information content (AvgIpc) is 3.52. The zero-order chi connectivity index (χ0) is 21.4. The van der Waals surface area contributed by atoms with Crippen molar-refractivity contribution in [3.63, 3.8) is 0 Å². The highest BCUT2D eigenvalue weighted by molar-refractivity contribution is 5.99. The van der Waals surface area contributed by atoms with Crippen molar-refractivity contribution in [1.29, 1.82) is 0 Å². The number of aromatic nitrogens is 3. The standard InChI is InChI=1S/C23H25N3O4/c1-14-12-18(15(2)26(14)16-8-9-16)20(27)13-30-22(28)11-10-21-24-23(29)17-6-4-5-7-19(17)25(21)3/h4-7,12,16H,8-11,13H2,1-3H3. The summed E-state index contributed by atoms with van der Waals surface area (Å²) in [5, 5.41) is 0.542. The smallest absolute Gasteiger partial charge is 0.306 e. The number of Topliss-reactive ketones (excluding diaryl/α,β-unsaturated/α-hetero) is 1. The summed E-state index contributed by atoms with van der Waals surface area (Å²) in [5.74, 6) is -0.170. The van der Waals surface area contributed by atoms with E-state index in [9.17, 15) is 14.4 Å². The summed E-state index contributed by atoms with van der Waals surface area (Å²) in [5.41, 5.74) is 3.07. The van der Waals surface area contributed by atoms with Crippen LogP contribution in [0.15, 0.2) is 35.1 Å². The lowest BCUT2D eigenvalue weighted by atomic mass is 10.1. The van der Waals surface area contributed by atoms with Gasteiger partial charge in [0.15, 0.2) is 6.61 Å². The lowest BCUT2D eigenvalue weighted by molar-refractivity contribution is -0.142. The van der Waals surface area contributed by atoms with Crippen LogP contribution < -0.4 is 5.56 Å². The molecule has 0 N–H and O–H groups in total. The van der Waals surface area contributed by atoms with Gasteiger partial charge in [-0.15, -0.1) is 0 Å². The van der Waals surface area contributed by atoms with Crippen molar-refractivity contribution in [2.45, 2.75) is 45.6 Å². The van der Waals surface area contributed by atoms with Gasteiger partial charge in [0, 0.05) is 36.5 Å². The number of hydrogen-bond acceptors (Lipinski definition) is 5. The molecule has 7 nitrogen and oxygen atoms in total. The van der Waals surface area contributed by atoms with Crippen LogP contribution in [0, 0.1) is 13.8 Å². The molecule has 2 heterocycles. The van der Waals surface area contributed by atoms with Gasteiger partial charge >= 0.3 is 5.97 Å². The maximum Gasteiger partial charge on any atom is 0.306 e. The van der Waals surface area contributed by atoms with Crippen LogP contribution in [0.4, 0.5) is 0 Å². The van der Waals surface area contributed by atoms with Crippen molar-refractivity contribution in [3.8, 4) is 0 Å². The average molecular weight is 407 g/mol. The minimum Gasteiger partial charge on any atom is -0.457 e. The van der Waals surface area contributed by atoms with Gasteiger partial charge in [0.05, 0.1) is 17.3 Å². The second-order valence-electron chi connectivity index (χ2n) is 7.88. The lowest BCUT2D eigenvalue weighted by Crippen LogP contribution is -2.19. The highest BCUT2D eigenvalue weighted by Crippen LogP contribution is 2.38. The molecule has 1 aliphatic carbocycles. The number of nitrogens with zero attached hydrogens (tertiary/aromatic N) is 3. The number of aryl methyl sites for hydroxylation is 3. The molecule has 2 aromatic heterocycles. The number of fused-ring (bicyclic) bond motifs is 1. The van der Waals surface area contributed by atoms with E-state index in [1.54, 1.807) is 12.1 Å². The Labute approximate surface area is 174 Å². The molecule has 1 fully saturated rings. The molecule has 0 spiro atoms. The van der Waals surface area contributed by atoms with Crippen LogP contribution in [0.1, 0.15) is 52.9 Å². The van der Waals surface area contributed by atoms with Crippen molar-refractivity contribution in [1.82, 2.24) is 14.1 Å². The van der Waals surface area contributed by atoms with E-state index in [-0.39, 0.29) is 30.8 Å². The zero-order valence-corrected chi connectivity index (χ0v) is 17.5. The second-order valence-corrected chi connectivity index (χ2v) is 7.88. The SMILES string of the molecule is Cc1cc(C(=O)COC(=O)CCc2nc(=O)c3ccccc3n2C)c(C)n1C1CC1. The van der Waals surface area contributed by atoms with Crippen LogP contribution in [-0.4, -0.2) is 32.5 Å². The fraction of sp³-hybridized carbons (Fsp3) is 0.391. The quantitative estimate of drug-likeness (QED) is 0.444. The van der Waals surface area contributed by atoms with E-state index < -0.39 is 5.97 Å². The Morgan fingerprint density at radius 3 is 2.67 bits per heavy atom. The van der Waals surface area contributed by atoms with Crippen LogP contribution in [0.25, 0.3) is 10.9 Å². The predicted molar refractivity (Wildman–Crippen MR) is 113 cm³/mol. The monoisotopic (exact) mass is 407 g/mol. The molecule has 4 rings (SSSR count). The summed E-state index contributed by atoms with van der Waals surface area (Å²) in [6.07, 6.45) is 2.60. The first-order valence-electron chi connectivity index (χ1n) is 10.2. The molecule has 3 aromatic rings. The van der Waals surface area contributed by atoms with E-state index in [0.29, 0.717) is 22.8 Å². The highest BCUT2D eigenvalue weighted by Gasteiger charge is 2.28. The summed E-state index contributed by atoms with van der Waals surface area (Å²) in [4.78, 5) is 41.0. The van der Waals surface area contributed by atoms with E-state index >= 15 is 0 Å². The van der Waals surface area contributed by atoms with Crippen molar-refractivity contribution in [3.05, 3.63) is 63.5 Å². The predicted octanol–water partition coefficient (Wildman–Crippen LogP) is 3.05. The summed E-state index contributed by atoms with van der Waals surface area (Å²) in [7, 11) is 1.81. The molecule has 1 aliphatic rings. The largest absolute Gasteiger partial charge is 0.457 e. The number of carbonyl (C=O) groups excluding carboxylic acids is 2. The summed E-state index contributed by atoms with van der Waals surface area (Å²) in [6, 6.07) is 9.59. The van der Waals surface area contributed by atoms with E-state index in [2.05, 4.69) is 9.55 Å². The zero-order valence-electron chi connectivity index (χ0n) is 17.5. The molecule has 0 atom stereocenters. The molecule has 0 unspecified atom stereocenters. The van der Waals surface area contributed by atoms with Gasteiger partial charge in [0.25, 0.3) is 5.56 Å². The normalized spacial score (nSPS) is 13.6. The molecule has 0 amide bonds. The fourth-order valence-electron chi connectivity index (χ4n) is 4.03. The number of benzene rings is 1. The first kappa shape index (κ1) is 20.1. The van der Waals surface area contributed by atoms with E-state index in [1.807, 2.05) is 43.7 Å². The fourth-order valence-corrected chi connectivity index (χ4v) is 4.03. The topological polar surface area (TPSA) is 83.2 Å². The molecule has 0 saturated heterocycles. The Balaban J connectivity index is 1.37. The molecular formula is C23H25N3O4. The second kappa shape index (κ2) is 7.89. The molecule has 0 radical (unpaired) electrons. The Bertz CT molecular complexity index is 1200. The number of rotatable bonds is 7. The molecule has 7 heteroatoms. The molecule has 0 bridgehead atoms. The number of esters is 1. The third-order valence-electron chi connectivity index (χ3n) is 5.73. The highest BCUT2D eigenvalue weighted by atomic mass is 16.5. The molecule has 1 saturated carbocycles. The van der Waals surface area contributed by atoms with E-state index in [1.165, 1.54) is 0 Å². The van der Waals surface area contributed by atoms with E-state index in [0.717, 1.165) is 29.7 Å². The van der Waals surface area contributed by atoms with Gasteiger partial charge in [-0.25, -0.2) is 0 Å². The minimum absolute atomic E-state index is 0.0486. The van der Waals surface area contributed by atoms with Gasteiger partial charge in [-0.2, -0.15) is 4.98 Å². The molecule has 30 heavy (non-hydrogen) atoms. The lowest BCUT2D eigenvalue weighted by Gasteiger charge is -2.11. The van der Waals surface area contributed by atoms with Crippen LogP contribution in [0.5, 0.6) is 0 Å². The number of hydrogen-bond donors (Lipinski definition) is 0. The Morgan fingerprint density at radius 1 is 1.20 bits per heavy atom. The van der Waals surface area contributed by atoms with Gasteiger partial charge < -0.3 is 13.9 Å². The summed E-state index contributed by atoms with van der Waals surface area (Å²) >= 11 is 0. The van der Waals surface area contributed by atoms with Crippen molar-refractivity contribution in [2.24, 2.45) is 7.05 Å².